The molecule has 0 radical (unpaired) electrons. The van der Waals surface area contributed by atoms with Gasteiger partial charge in [-0.2, -0.15) is 0 Å². The van der Waals surface area contributed by atoms with Crippen molar-refractivity contribution in [3.63, 3.8) is 0 Å². The molecular weight excluding hydrogens is 279 g/mol. The van der Waals surface area contributed by atoms with Gasteiger partial charge < -0.3 is 10.4 Å². The van der Waals surface area contributed by atoms with E-state index in [1.807, 2.05) is 0 Å². The largest absolute Gasteiger partial charge is 0.384 e. The van der Waals surface area contributed by atoms with E-state index in [4.69, 9.17) is 5.11 Å². The fourth-order valence-electron chi connectivity index (χ4n) is 1.51. The predicted molar refractivity (Wildman–Crippen MR) is 73.6 cm³/mol. The van der Waals surface area contributed by atoms with Crippen LogP contribution < -0.4 is 5.32 Å². The first-order valence-electron chi connectivity index (χ1n) is 5.76. The number of aliphatic hydroxyl groups is 1. The molecule has 1 amide bonds. The second-order valence-corrected chi connectivity index (χ2v) is 4.74. The van der Waals surface area contributed by atoms with Gasteiger partial charge in [-0.25, -0.2) is 9.37 Å². The second kappa shape index (κ2) is 6.80. The van der Waals surface area contributed by atoms with Crippen LogP contribution in [0.2, 0.25) is 0 Å². The SMILES string of the molecule is O=C(NCc1nccs1)c1ccc(C#CCO)cc1F. The number of thiazole rings is 1. The Bertz CT molecular complexity index is 660. The molecule has 20 heavy (non-hydrogen) atoms. The van der Waals surface area contributed by atoms with Crippen molar-refractivity contribution in [3.05, 3.63) is 51.7 Å². The Hall–Kier alpha value is -2.23. The number of aliphatic hydroxyl groups excluding tert-OH is 1. The van der Waals surface area contributed by atoms with E-state index in [-0.39, 0.29) is 18.7 Å². The summed E-state index contributed by atoms with van der Waals surface area (Å²) in [5.41, 5.74) is 0.365. The van der Waals surface area contributed by atoms with Gasteiger partial charge in [-0.05, 0) is 18.2 Å². The third-order valence-corrected chi connectivity index (χ3v) is 3.19. The number of nitrogens with one attached hydrogen (secondary N) is 1. The molecule has 0 spiro atoms. The second-order valence-electron chi connectivity index (χ2n) is 3.76. The Kier molecular flexibility index (Phi) is 4.82. The molecule has 1 heterocycles. The minimum absolute atomic E-state index is 0.0453. The Morgan fingerprint density at radius 3 is 3.00 bits per heavy atom. The van der Waals surface area contributed by atoms with Gasteiger partial charge in [0.15, 0.2) is 0 Å². The smallest absolute Gasteiger partial charge is 0.254 e. The molecule has 0 fully saturated rings. The number of carbonyl (C=O) groups excluding carboxylic acids is 1. The van der Waals surface area contributed by atoms with Crippen LogP contribution in [0.1, 0.15) is 20.9 Å². The van der Waals surface area contributed by atoms with Crippen molar-refractivity contribution in [2.75, 3.05) is 6.61 Å². The summed E-state index contributed by atoms with van der Waals surface area (Å²) in [7, 11) is 0. The molecule has 0 saturated heterocycles. The van der Waals surface area contributed by atoms with E-state index < -0.39 is 11.7 Å². The number of carbonyl (C=O) groups is 1. The zero-order chi connectivity index (χ0) is 14.4. The van der Waals surface area contributed by atoms with Gasteiger partial charge in [-0.15, -0.1) is 11.3 Å². The monoisotopic (exact) mass is 290 g/mol. The maximum Gasteiger partial charge on any atom is 0.254 e. The van der Waals surface area contributed by atoms with Gasteiger partial charge in [0.05, 0.1) is 12.1 Å². The summed E-state index contributed by atoms with van der Waals surface area (Å²) in [4.78, 5) is 15.9. The van der Waals surface area contributed by atoms with E-state index in [2.05, 4.69) is 22.1 Å². The van der Waals surface area contributed by atoms with E-state index in [0.29, 0.717) is 5.56 Å². The van der Waals surface area contributed by atoms with E-state index in [9.17, 15) is 9.18 Å². The van der Waals surface area contributed by atoms with Crippen molar-refractivity contribution in [2.24, 2.45) is 0 Å². The molecule has 0 unspecified atom stereocenters. The average Bonchev–Trinajstić information content (AvgIpc) is 2.96. The minimum atomic E-state index is -0.647. The molecule has 2 rings (SSSR count). The lowest BCUT2D eigenvalue weighted by Crippen LogP contribution is -2.23. The van der Waals surface area contributed by atoms with Crippen LogP contribution in [-0.4, -0.2) is 22.6 Å². The van der Waals surface area contributed by atoms with Crippen molar-refractivity contribution in [1.29, 1.82) is 0 Å². The van der Waals surface area contributed by atoms with Crippen molar-refractivity contribution in [3.8, 4) is 11.8 Å². The lowest BCUT2D eigenvalue weighted by atomic mass is 10.1. The van der Waals surface area contributed by atoms with Gasteiger partial charge in [0.1, 0.15) is 17.4 Å². The Morgan fingerprint density at radius 2 is 2.35 bits per heavy atom. The summed E-state index contributed by atoms with van der Waals surface area (Å²) in [6.07, 6.45) is 1.64. The molecule has 2 N–H and O–H groups in total. The number of rotatable bonds is 3. The van der Waals surface area contributed by atoms with E-state index in [0.717, 1.165) is 5.01 Å². The summed E-state index contributed by atoms with van der Waals surface area (Å²) in [5, 5.41) is 13.7. The molecular formula is C14H11FN2O2S. The average molecular weight is 290 g/mol. The number of hydrogen-bond donors (Lipinski definition) is 2. The summed E-state index contributed by atoms with van der Waals surface area (Å²) in [6, 6.07) is 4.07. The number of benzene rings is 1. The highest BCUT2D eigenvalue weighted by Crippen LogP contribution is 2.10. The Morgan fingerprint density at radius 1 is 1.50 bits per heavy atom. The first-order chi connectivity index (χ1) is 9.70. The van der Waals surface area contributed by atoms with E-state index in [1.165, 1.54) is 29.5 Å². The van der Waals surface area contributed by atoms with Crippen LogP contribution in [0.3, 0.4) is 0 Å². The van der Waals surface area contributed by atoms with Crippen LogP contribution in [0, 0.1) is 17.7 Å². The van der Waals surface area contributed by atoms with Crippen molar-refractivity contribution in [2.45, 2.75) is 6.54 Å². The van der Waals surface area contributed by atoms with Crippen LogP contribution in [0.15, 0.2) is 29.8 Å². The first-order valence-corrected chi connectivity index (χ1v) is 6.64. The molecule has 0 bridgehead atoms. The van der Waals surface area contributed by atoms with Gasteiger partial charge >= 0.3 is 0 Å². The molecule has 0 atom stereocenters. The highest BCUT2D eigenvalue weighted by molar-refractivity contribution is 7.09. The van der Waals surface area contributed by atoms with Crippen LogP contribution in [0.25, 0.3) is 0 Å². The maximum atomic E-state index is 13.8. The molecule has 102 valence electrons. The highest BCUT2D eigenvalue weighted by Gasteiger charge is 2.12. The topological polar surface area (TPSA) is 62.2 Å². The van der Waals surface area contributed by atoms with Crippen LogP contribution >= 0.6 is 11.3 Å². The number of amides is 1. The van der Waals surface area contributed by atoms with Crippen molar-refractivity contribution in [1.82, 2.24) is 10.3 Å². The number of nitrogens with zero attached hydrogens (tertiary/aromatic N) is 1. The van der Waals surface area contributed by atoms with Crippen molar-refractivity contribution < 1.29 is 14.3 Å². The van der Waals surface area contributed by atoms with Gasteiger partial charge in [0.2, 0.25) is 0 Å². The molecule has 2 aromatic rings. The van der Waals surface area contributed by atoms with E-state index in [1.54, 1.807) is 11.6 Å². The normalized spacial score (nSPS) is 9.70. The number of halogens is 1. The molecule has 6 heteroatoms. The summed E-state index contributed by atoms with van der Waals surface area (Å²) < 4.78 is 13.8. The zero-order valence-corrected chi connectivity index (χ0v) is 11.2. The summed E-state index contributed by atoms with van der Waals surface area (Å²) in [6.45, 7) is -0.0281. The van der Waals surface area contributed by atoms with Crippen LogP contribution in [-0.2, 0) is 6.54 Å². The Labute approximate surface area is 119 Å². The van der Waals surface area contributed by atoms with Crippen LogP contribution in [0.4, 0.5) is 4.39 Å². The highest BCUT2D eigenvalue weighted by atomic mass is 32.1. The molecule has 0 aliphatic rings. The molecule has 1 aromatic heterocycles. The molecule has 0 aliphatic heterocycles. The van der Waals surface area contributed by atoms with Crippen LogP contribution in [0.5, 0.6) is 0 Å². The lowest BCUT2D eigenvalue weighted by molar-refractivity contribution is 0.0947. The van der Waals surface area contributed by atoms with E-state index >= 15 is 0 Å². The minimum Gasteiger partial charge on any atom is -0.384 e. The molecule has 0 saturated carbocycles. The van der Waals surface area contributed by atoms with Gasteiger partial charge in [-0.3, -0.25) is 4.79 Å². The third-order valence-electron chi connectivity index (χ3n) is 2.41. The first kappa shape index (κ1) is 14.2. The van der Waals surface area contributed by atoms with Crippen molar-refractivity contribution >= 4 is 17.2 Å². The third kappa shape index (κ3) is 3.63. The number of hydrogen-bond acceptors (Lipinski definition) is 4. The lowest BCUT2D eigenvalue weighted by Gasteiger charge is -2.04. The summed E-state index contributed by atoms with van der Waals surface area (Å²) >= 11 is 1.41. The Balaban J connectivity index is 2.06. The fraction of sp³-hybridized carbons (Fsp3) is 0.143. The zero-order valence-electron chi connectivity index (χ0n) is 10.4. The van der Waals surface area contributed by atoms with Gasteiger partial charge in [0, 0.05) is 17.1 Å². The fourth-order valence-corrected chi connectivity index (χ4v) is 2.07. The molecule has 1 aromatic carbocycles. The maximum absolute atomic E-state index is 13.8. The number of aromatic nitrogens is 1. The van der Waals surface area contributed by atoms with Gasteiger partial charge in [0.25, 0.3) is 5.91 Å². The molecule has 4 nitrogen and oxygen atoms in total. The summed E-state index contributed by atoms with van der Waals surface area (Å²) in [5.74, 6) is 3.84. The molecule has 0 aliphatic carbocycles. The standard InChI is InChI=1S/C14H11FN2O2S/c15-12-8-10(2-1-6-18)3-4-11(12)14(19)17-9-13-16-5-7-20-13/h3-5,7-8,18H,6,9H2,(H,17,19). The predicted octanol–water partition coefficient (Wildman–Crippen LogP) is 1.56. The quantitative estimate of drug-likeness (QED) is 0.843. The van der Waals surface area contributed by atoms with Gasteiger partial charge in [-0.1, -0.05) is 11.8 Å².